The highest BCUT2D eigenvalue weighted by Crippen LogP contribution is 2.20. The van der Waals surface area contributed by atoms with Crippen LogP contribution in [0.1, 0.15) is 25.0 Å². The summed E-state index contributed by atoms with van der Waals surface area (Å²) in [7, 11) is 0. The van der Waals surface area contributed by atoms with Crippen LogP contribution in [0.2, 0.25) is 0 Å². The summed E-state index contributed by atoms with van der Waals surface area (Å²) in [6, 6.07) is 7.80. The van der Waals surface area contributed by atoms with Crippen LogP contribution in [-0.2, 0) is 20.9 Å². The molecule has 3 rings (SSSR count). The van der Waals surface area contributed by atoms with E-state index in [0.29, 0.717) is 6.54 Å². The molecule has 32 heavy (non-hydrogen) atoms. The third kappa shape index (κ3) is 5.49. The average molecular weight is 435 g/mol. The first-order valence-electron chi connectivity index (χ1n) is 10.4. The van der Waals surface area contributed by atoms with Gasteiger partial charge in [0.05, 0.1) is 18.5 Å². The molecule has 7 heteroatoms. The number of allylic oxidation sites excluding steroid dienone is 5. The number of ketones is 1. The molecule has 166 valence electrons. The summed E-state index contributed by atoms with van der Waals surface area (Å²) in [5, 5.41) is 4.31. The van der Waals surface area contributed by atoms with Crippen molar-refractivity contribution in [1.29, 1.82) is 0 Å². The average Bonchev–Trinajstić information content (AvgIpc) is 3.28. The fraction of sp³-hybridized carbons (Fsp3) is 0.240. The highest BCUT2D eigenvalue weighted by atomic mass is 19.1. The van der Waals surface area contributed by atoms with Crippen LogP contribution in [0.25, 0.3) is 11.8 Å². The number of ether oxygens (including phenoxy) is 1. The zero-order chi connectivity index (χ0) is 23.1. The van der Waals surface area contributed by atoms with Gasteiger partial charge in [0.1, 0.15) is 11.7 Å². The maximum absolute atomic E-state index is 14.2. The maximum Gasteiger partial charge on any atom is 0.318 e. The predicted molar refractivity (Wildman–Crippen MR) is 121 cm³/mol. The summed E-state index contributed by atoms with van der Waals surface area (Å²) in [5.41, 5.74) is 2.72. The Morgan fingerprint density at radius 2 is 2.06 bits per heavy atom. The van der Waals surface area contributed by atoms with Crippen LogP contribution in [0.15, 0.2) is 79.1 Å². The molecule has 2 heterocycles. The van der Waals surface area contributed by atoms with Gasteiger partial charge < -0.3 is 9.64 Å². The number of hydrogen-bond acceptors (Lipinski definition) is 5. The summed E-state index contributed by atoms with van der Waals surface area (Å²) in [5.74, 6) is -2.99. The van der Waals surface area contributed by atoms with Crippen molar-refractivity contribution in [2.24, 2.45) is 5.92 Å². The monoisotopic (exact) mass is 435 g/mol. The standard InChI is InChI=1S/C25H26FN3O3/c1-4-19-14-27-29(16-19)21-11-9-20(10-12-21)15-28-13-7-6-8-23(26)18(3)24(30)22(17-28)25(31)32-5-2/h4,6-14,16,22H,1,5,15,17H2,2-3H3/b8-6-,13-7+,23-18-. The number of aromatic nitrogens is 2. The second kappa shape index (κ2) is 10.5. The number of halogens is 1. The van der Waals surface area contributed by atoms with Crippen molar-refractivity contribution in [1.82, 2.24) is 14.7 Å². The lowest BCUT2D eigenvalue weighted by Gasteiger charge is -2.25. The first-order valence-corrected chi connectivity index (χ1v) is 10.4. The highest BCUT2D eigenvalue weighted by Gasteiger charge is 2.31. The number of benzene rings is 1. The molecular weight excluding hydrogens is 409 g/mol. The smallest absolute Gasteiger partial charge is 0.318 e. The Kier molecular flexibility index (Phi) is 7.54. The lowest BCUT2D eigenvalue weighted by atomic mass is 9.96. The van der Waals surface area contributed by atoms with Gasteiger partial charge in [0.25, 0.3) is 0 Å². The van der Waals surface area contributed by atoms with Gasteiger partial charge in [-0.2, -0.15) is 5.10 Å². The quantitative estimate of drug-likeness (QED) is 0.497. The van der Waals surface area contributed by atoms with Gasteiger partial charge in [0.2, 0.25) is 0 Å². The van der Waals surface area contributed by atoms with Gasteiger partial charge >= 0.3 is 5.97 Å². The van der Waals surface area contributed by atoms with E-state index >= 15 is 0 Å². The van der Waals surface area contributed by atoms with E-state index in [1.54, 1.807) is 36.2 Å². The Morgan fingerprint density at radius 3 is 2.72 bits per heavy atom. The number of esters is 1. The fourth-order valence-corrected chi connectivity index (χ4v) is 3.31. The molecule has 2 aromatic rings. The van der Waals surface area contributed by atoms with Crippen molar-refractivity contribution < 1.29 is 18.7 Å². The molecule has 0 fully saturated rings. The minimum absolute atomic E-state index is 0.0796. The normalized spacial score (nSPS) is 21.2. The van der Waals surface area contributed by atoms with Crippen LogP contribution in [0.5, 0.6) is 0 Å². The molecular formula is C25H26FN3O3. The second-order valence-corrected chi connectivity index (χ2v) is 7.36. The van der Waals surface area contributed by atoms with Gasteiger partial charge in [-0.1, -0.05) is 30.9 Å². The van der Waals surface area contributed by atoms with Crippen LogP contribution < -0.4 is 0 Å². The summed E-state index contributed by atoms with van der Waals surface area (Å²) in [6.45, 7) is 7.47. The Labute approximate surface area is 187 Å². The largest absolute Gasteiger partial charge is 0.465 e. The van der Waals surface area contributed by atoms with E-state index in [2.05, 4.69) is 11.7 Å². The Hall–Kier alpha value is -3.74. The van der Waals surface area contributed by atoms with E-state index in [0.717, 1.165) is 16.8 Å². The molecule has 0 N–H and O–H groups in total. The lowest BCUT2D eigenvalue weighted by Crippen LogP contribution is -2.37. The third-order valence-corrected chi connectivity index (χ3v) is 5.11. The van der Waals surface area contributed by atoms with Gasteiger partial charge in [-0.3, -0.25) is 9.59 Å². The van der Waals surface area contributed by atoms with Gasteiger partial charge in [-0.15, -0.1) is 0 Å². The van der Waals surface area contributed by atoms with Crippen LogP contribution >= 0.6 is 0 Å². The molecule has 0 spiro atoms. The number of nitrogens with zero attached hydrogens (tertiary/aromatic N) is 3. The minimum atomic E-state index is -1.11. The van der Waals surface area contributed by atoms with Crippen LogP contribution in [0.4, 0.5) is 4.39 Å². The third-order valence-electron chi connectivity index (χ3n) is 5.11. The van der Waals surface area contributed by atoms with E-state index in [-0.39, 0.29) is 18.7 Å². The first kappa shape index (κ1) is 22.9. The van der Waals surface area contributed by atoms with Gasteiger partial charge in [-0.05, 0) is 49.9 Å². The van der Waals surface area contributed by atoms with Crippen LogP contribution in [0.3, 0.4) is 0 Å². The Bertz CT molecular complexity index is 1080. The predicted octanol–water partition coefficient (Wildman–Crippen LogP) is 4.39. The molecule has 1 aliphatic heterocycles. The minimum Gasteiger partial charge on any atom is -0.465 e. The zero-order valence-corrected chi connectivity index (χ0v) is 18.2. The first-order chi connectivity index (χ1) is 15.4. The molecule has 6 nitrogen and oxygen atoms in total. The summed E-state index contributed by atoms with van der Waals surface area (Å²) in [6.07, 6.45) is 11.5. The van der Waals surface area contributed by atoms with E-state index in [9.17, 15) is 14.0 Å². The van der Waals surface area contributed by atoms with E-state index in [1.165, 1.54) is 19.1 Å². The van der Waals surface area contributed by atoms with E-state index in [1.807, 2.05) is 35.4 Å². The Balaban J connectivity index is 1.83. The molecule has 1 aliphatic rings. The molecule has 1 aromatic carbocycles. The maximum atomic E-state index is 14.2. The molecule has 0 saturated heterocycles. The highest BCUT2D eigenvalue weighted by molar-refractivity contribution is 6.08. The van der Waals surface area contributed by atoms with Crippen molar-refractivity contribution in [2.75, 3.05) is 13.2 Å². The van der Waals surface area contributed by atoms with Crippen molar-refractivity contribution in [3.05, 3.63) is 90.2 Å². The van der Waals surface area contributed by atoms with Gasteiger partial charge in [0.15, 0.2) is 5.78 Å². The molecule has 1 unspecified atom stereocenters. The lowest BCUT2D eigenvalue weighted by molar-refractivity contribution is -0.151. The Morgan fingerprint density at radius 1 is 1.31 bits per heavy atom. The van der Waals surface area contributed by atoms with Crippen LogP contribution in [-0.4, -0.2) is 39.6 Å². The van der Waals surface area contributed by atoms with Gasteiger partial charge in [-0.25, -0.2) is 9.07 Å². The molecule has 0 bridgehead atoms. The molecule has 1 aromatic heterocycles. The second-order valence-electron chi connectivity index (χ2n) is 7.36. The molecule has 0 saturated carbocycles. The zero-order valence-electron chi connectivity index (χ0n) is 18.2. The van der Waals surface area contributed by atoms with Crippen molar-refractivity contribution in [3.8, 4) is 5.69 Å². The molecule has 1 atom stereocenters. The number of hydrogen-bond donors (Lipinski definition) is 0. The number of carbonyl (C=O) groups is 2. The van der Waals surface area contributed by atoms with Gasteiger partial charge in [0, 0.05) is 30.4 Å². The number of Topliss-reactive ketones (excluding diaryl/α,β-unsaturated/α-hetero) is 1. The molecule has 0 radical (unpaired) electrons. The SMILES string of the molecule is C=Cc1cnn(-c2ccc(CN3/C=C/C=C\C(F)=C(/C)C(=O)C(C(=O)OCC)C3)cc2)c1. The number of rotatable bonds is 6. The molecule has 0 aliphatic carbocycles. The van der Waals surface area contributed by atoms with E-state index in [4.69, 9.17) is 4.74 Å². The van der Waals surface area contributed by atoms with Crippen LogP contribution in [0, 0.1) is 5.92 Å². The van der Waals surface area contributed by atoms with E-state index < -0.39 is 23.5 Å². The van der Waals surface area contributed by atoms with Crippen molar-refractivity contribution in [3.63, 3.8) is 0 Å². The summed E-state index contributed by atoms with van der Waals surface area (Å²) < 4.78 is 21.1. The fourth-order valence-electron chi connectivity index (χ4n) is 3.31. The summed E-state index contributed by atoms with van der Waals surface area (Å²) >= 11 is 0. The van der Waals surface area contributed by atoms with Crippen molar-refractivity contribution >= 4 is 17.8 Å². The molecule has 0 amide bonds. The topological polar surface area (TPSA) is 64.4 Å². The van der Waals surface area contributed by atoms with Crippen molar-refractivity contribution in [2.45, 2.75) is 20.4 Å². The number of carbonyl (C=O) groups excluding carboxylic acids is 2. The summed E-state index contributed by atoms with van der Waals surface area (Å²) in [4.78, 5) is 27.1.